The molecule has 0 aliphatic carbocycles. The molecule has 3 N–H and O–H groups in total. The monoisotopic (exact) mass is 369 g/mol. The largest absolute Gasteiger partial charge is 0.481 e. The van der Waals surface area contributed by atoms with Crippen molar-refractivity contribution in [3.05, 3.63) is 35.9 Å². The third-order valence-corrected chi connectivity index (χ3v) is 4.14. The average molecular weight is 370 g/mol. The Labute approximate surface area is 153 Å². The van der Waals surface area contributed by atoms with E-state index in [0.717, 1.165) is 5.56 Å². The molecule has 0 radical (unpaired) electrons. The van der Waals surface area contributed by atoms with Crippen molar-refractivity contribution in [2.45, 2.75) is 25.8 Å². The van der Waals surface area contributed by atoms with Crippen molar-refractivity contribution >= 4 is 30.3 Å². The third kappa shape index (κ3) is 7.53. The number of carbonyl (C=O) groups excluding carboxylic acids is 2. The second-order valence-electron chi connectivity index (χ2n) is 5.92. The Balaban J connectivity index is 0.00000312. The number of hydrogen-bond acceptors (Lipinski definition) is 4. The molecule has 1 saturated heterocycles. The van der Waals surface area contributed by atoms with Gasteiger partial charge in [-0.05, 0) is 31.5 Å². The topological polar surface area (TPSA) is 98.7 Å². The molecule has 0 spiro atoms. The molecule has 3 amide bonds. The molecular weight excluding hydrogens is 346 g/mol. The highest BCUT2D eigenvalue weighted by Gasteiger charge is 2.24. The van der Waals surface area contributed by atoms with E-state index in [0.29, 0.717) is 39.0 Å². The van der Waals surface area contributed by atoms with Crippen LogP contribution in [0, 0.1) is 5.92 Å². The molecule has 1 aliphatic rings. The summed E-state index contributed by atoms with van der Waals surface area (Å²) in [5, 5.41) is 13.9. The number of urea groups is 1. The van der Waals surface area contributed by atoms with E-state index in [9.17, 15) is 14.4 Å². The Bertz CT molecular complexity index is 575. The maximum Gasteiger partial charge on any atom is 0.321 e. The first kappa shape index (κ1) is 20.9. The van der Waals surface area contributed by atoms with Crippen LogP contribution in [0.3, 0.4) is 0 Å². The molecule has 1 aromatic rings. The van der Waals surface area contributed by atoms with Gasteiger partial charge in [0.05, 0.1) is 5.92 Å². The van der Waals surface area contributed by atoms with Crippen LogP contribution in [-0.2, 0) is 16.1 Å². The number of rotatable bonds is 6. The summed E-state index contributed by atoms with van der Waals surface area (Å²) in [6, 6.07) is 8.94. The molecule has 0 bridgehead atoms. The standard InChI is InChI=1S/C17H23N3O4.ClH/c21-15(8-11-20-9-6-14(7-10-20)16(22)23)19-17(24)18-12-13-4-2-1-3-5-13;/h1-5,14H,6-12H2,(H,22,23)(H2,18,19,21,24);1H. The highest BCUT2D eigenvalue weighted by atomic mass is 35.5. The van der Waals surface area contributed by atoms with E-state index in [-0.39, 0.29) is 30.7 Å². The number of amides is 3. The number of carboxylic acid groups (broad SMARTS) is 1. The lowest BCUT2D eigenvalue weighted by Crippen LogP contribution is -2.42. The fourth-order valence-electron chi connectivity index (χ4n) is 2.67. The number of piperidine rings is 1. The zero-order valence-electron chi connectivity index (χ0n) is 13.9. The highest BCUT2D eigenvalue weighted by Crippen LogP contribution is 2.17. The minimum Gasteiger partial charge on any atom is -0.481 e. The van der Waals surface area contributed by atoms with Crippen molar-refractivity contribution in [1.29, 1.82) is 0 Å². The van der Waals surface area contributed by atoms with Crippen molar-refractivity contribution in [3.8, 4) is 0 Å². The predicted molar refractivity (Wildman–Crippen MR) is 95.5 cm³/mol. The van der Waals surface area contributed by atoms with Gasteiger partial charge in [-0.25, -0.2) is 4.79 Å². The van der Waals surface area contributed by atoms with Gasteiger partial charge in [-0.3, -0.25) is 14.9 Å². The Morgan fingerprint density at radius 1 is 1.12 bits per heavy atom. The SMILES string of the molecule is Cl.O=C(CCN1CCC(C(=O)O)CC1)NC(=O)NCc1ccccc1. The summed E-state index contributed by atoms with van der Waals surface area (Å²) in [5.41, 5.74) is 0.960. The van der Waals surface area contributed by atoms with Crippen LogP contribution in [0.25, 0.3) is 0 Å². The minimum atomic E-state index is -0.748. The zero-order chi connectivity index (χ0) is 17.4. The van der Waals surface area contributed by atoms with E-state index in [4.69, 9.17) is 5.11 Å². The van der Waals surface area contributed by atoms with Gasteiger partial charge in [-0.15, -0.1) is 12.4 Å². The number of likely N-dealkylation sites (tertiary alicyclic amines) is 1. The molecule has 25 heavy (non-hydrogen) atoms. The number of carboxylic acids is 1. The Hall–Kier alpha value is -2.12. The number of aliphatic carboxylic acids is 1. The Morgan fingerprint density at radius 2 is 1.76 bits per heavy atom. The van der Waals surface area contributed by atoms with E-state index in [2.05, 4.69) is 15.5 Å². The van der Waals surface area contributed by atoms with Gasteiger partial charge in [0, 0.05) is 19.5 Å². The summed E-state index contributed by atoms with van der Waals surface area (Å²) in [6.45, 7) is 2.24. The minimum absolute atomic E-state index is 0. The van der Waals surface area contributed by atoms with Gasteiger partial charge < -0.3 is 15.3 Å². The van der Waals surface area contributed by atoms with Crippen LogP contribution < -0.4 is 10.6 Å². The van der Waals surface area contributed by atoms with Crippen LogP contribution in [0.4, 0.5) is 4.79 Å². The molecule has 2 rings (SSSR count). The van der Waals surface area contributed by atoms with E-state index in [1.54, 1.807) is 0 Å². The highest BCUT2D eigenvalue weighted by molar-refractivity contribution is 5.94. The quantitative estimate of drug-likeness (QED) is 0.707. The summed E-state index contributed by atoms with van der Waals surface area (Å²) >= 11 is 0. The molecule has 0 unspecified atom stereocenters. The second-order valence-corrected chi connectivity index (χ2v) is 5.92. The van der Waals surface area contributed by atoms with Gasteiger partial charge in [0.25, 0.3) is 0 Å². The summed E-state index contributed by atoms with van der Waals surface area (Å²) in [6.07, 6.45) is 1.43. The average Bonchev–Trinajstić information content (AvgIpc) is 2.59. The Kier molecular flexibility index (Phi) is 8.94. The molecule has 0 saturated carbocycles. The number of nitrogens with zero attached hydrogens (tertiary/aromatic N) is 1. The van der Waals surface area contributed by atoms with E-state index < -0.39 is 12.0 Å². The first-order valence-corrected chi connectivity index (χ1v) is 8.11. The maximum atomic E-state index is 11.8. The predicted octanol–water partition coefficient (Wildman–Crippen LogP) is 1.62. The van der Waals surface area contributed by atoms with Crippen LogP contribution in [0.15, 0.2) is 30.3 Å². The summed E-state index contributed by atoms with van der Waals surface area (Å²) in [5.74, 6) is -1.36. The third-order valence-electron chi connectivity index (χ3n) is 4.14. The molecule has 1 aliphatic heterocycles. The lowest BCUT2D eigenvalue weighted by Gasteiger charge is -2.29. The number of nitrogens with one attached hydrogen (secondary N) is 2. The second kappa shape index (κ2) is 10.7. The lowest BCUT2D eigenvalue weighted by molar-refractivity contribution is -0.143. The van der Waals surface area contributed by atoms with Gasteiger partial charge in [0.2, 0.25) is 5.91 Å². The summed E-state index contributed by atoms with van der Waals surface area (Å²) < 4.78 is 0. The van der Waals surface area contributed by atoms with Crippen LogP contribution in [0.5, 0.6) is 0 Å². The van der Waals surface area contributed by atoms with Crippen LogP contribution in [-0.4, -0.2) is 47.5 Å². The summed E-state index contributed by atoms with van der Waals surface area (Å²) in [4.78, 5) is 36.4. The molecular formula is C17H24ClN3O4. The van der Waals surface area contributed by atoms with Crippen molar-refractivity contribution in [1.82, 2.24) is 15.5 Å². The normalized spacial score (nSPS) is 15.0. The fourth-order valence-corrected chi connectivity index (χ4v) is 2.67. The molecule has 7 nitrogen and oxygen atoms in total. The van der Waals surface area contributed by atoms with Crippen molar-refractivity contribution < 1.29 is 19.5 Å². The molecule has 138 valence electrons. The number of hydrogen-bond donors (Lipinski definition) is 3. The number of halogens is 1. The van der Waals surface area contributed by atoms with Crippen LogP contribution >= 0.6 is 12.4 Å². The van der Waals surface area contributed by atoms with Crippen molar-refractivity contribution in [3.63, 3.8) is 0 Å². The number of carbonyl (C=O) groups is 3. The molecule has 8 heteroatoms. The van der Waals surface area contributed by atoms with Gasteiger partial charge in [-0.2, -0.15) is 0 Å². The number of benzene rings is 1. The maximum absolute atomic E-state index is 11.8. The smallest absolute Gasteiger partial charge is 0.321 e. The van der Waals surface area contributed by atoms with Gasteiger partial charge in [0.1, 0.15) is 0 Å². The first-order chi connectivity index (χ1) is 11.5. The lowest BCUT2D eigenvalue weighted by atomic mass is 9.97. The van der Waals surface area contributed by atoms with Crippen LogP contribution in [0.2, 0.25) is 0 Å². The molecule has 1 fully saturated rings. The Morgan fingerprint density at radius 3 is 2.36 bits per heavy atom. The van der Waals surface area contributed by atoms with E-state index in [1.165, 1.54) is 0 Å². The van der Waals surface area contributed by atoms with Crippen molar-refractivity contribution in [2.24, 2.45) is 5.92 Å². The van der Waals surface area contributed by atoms with Crippen LogP contribution in [0.1, 0.15) is 24.8 Å². The van der Waals surface area contributed by atoms with E-state index >= 15 is 0 Å². The molecule has 0 aromatic heterocycles. The van der Waals surface area contributed by atoms with Crippen molar-refractivity contribution in [2.75, 3.05) is 19.6 Å². The zero-order valence-corrected chi connectivity index (χ0v) is 14.8. The number of imide groups is 1. The fraction of sp³-hybridized carbons (Fsp3) is 0.471. The van der Waals surface area contributed by atoms with Gasteiger partial charge in [-0.1, -0.05) is 30.3 Å². The first-order valence-electron chi connectivity index (χ1n) is 8.11. The molecule has 0 atom stereocenters. The van der Waals surface area contributed by atoms with Gasteiger partial charge in [0.15, 0.2) is 0 Å². The van der Waals surface area contributed by atoms with Gasteiger partial charge >= 0.3 is 12.0 Å². The molecule has 1 heterocycles. The summed E-state index contributed by atoms with van der Waals surface area (Å²) in [7, 11) is 0. The molecule has 1 aromatic carbocycles. The van der Waals surface area contributed by atoms with E-state index in [1.807, 2.05) is 30.3 Å².